The van der Waals surface area contributed by atoms with Gasteiger partial charge in [0.1, 0.15) is 0 Å². The summed E-state index contributed by atoms with van der Waals surface area (Å²) < 4.78 is 4.66. The minimum Gasteiger partial charge on any atom is -0.479 e. The van der Waals surface area contributed by atoms with Crippen molar-refractivity contribution in [1.82, 2.24) is 0 Å². The zero-order chi connectivity index (χ0) is 10.2. The first kappa shape index (κ1) is 9.90. The fraction of sp³-hybridized carbons (Fsp3) is 0.667. The highest BCUT2D eigenvalue weighted by molar-refractivity contribution is 5.79. The summed E-state index contributed by atoms with van der Waals surface area (Å²) in [5.41, 5.74) is 10.7. The third kappa shape index (κ3) is 1.62. The van der Waals surface area contributed by atoms with Crippen LogP contribution in [0.5, 0.6) is 0 Å². The Morgan fingerprint density at radius 1 is 1.00 bits per heavy atom. The molecule has 4 unspecified atom stereocenters. The van der Waals surface area contributed by atoms with Crippen molar-refractivity contribution in [1.29, 1.82) is 0 Å². The van der Waals surface area contributed by atoms with Crippen LogP contribution in [0.25, 0.3) is 0 Å². The van der Waals surface area contributed by atoms with Crippen LogP contribution in [0.3, 0.4) is 0 Å². The standard InChI is InChI=1S/C6H10N2O5/c7-1-2(8)4(6(11)12)13-3(1)5(9)10/h1-4H,7-8H2,(H,9,10)(H,11,12). The van der Waals surface area contributed by atoms with Crippen molar-refractivity contribution in [3.8, 4) is 0 Å². The molecule has 74 valence electrons. The Bertz CT molecular complexity index is 219. The second-order valence-electron chi connectivity index (χ2n) is 2.81. The summed E-state index contributed by atoms with van der Waals surface area (Å²) >= 11 is 0. The maximum absolute atomic E-state index is 10.5. The maximum atomic E-state index is 10.5. The fourth-order valence-electron chi connectivity index (χ4n) is 1.19. The monoisotopic (exact) mass is 190 g/mol. The zero-order valence-electron chi connectivity index (χ0n) is 6.58. The van der Waals surface area contributed by atoms with E-state index in [9.17, 15) is 9.59 Å². The Balaban J connectivity index is 2.78. The fourth-order valence-corrected chi connectivity index (χ4v) is 1.19. The molecule has 1 aliphatic rings. The summed E-state index contributed by atoms with van der Waals surface area (Å²) in [6, 6.07) is -1.97. The van der Waals surface area contributed by atoms with Gasteiger partial charge in [-0.15, -0.1) is 0 Å². The summed E-state index contributed by atoms with van der Waals surface area (Å²) in [5.74, 6) is -2.60. The Hall–Kier alpha value is -1.18. The molecule has 1 aliphatic heterocycles. The third-order valence-corrected chi connectivity index (χ3v) is 1.92. The average molecular weight is 190 g/mol. The van der Waals surface area contributed by atoms with Gasteiger partial charge in [0.05, 0.1) is 12.1 Å². The first-order valence-corrected chi connectivity index (χ1v) is 3.57. The van der Waals surface area contributed by atoms with E-state index in [1.54, 1.807) is 0 Å². The van der Waals surface area contributed by atoms with E-state index < -0.39 is 36.2 Å². The van der Waals surface area contributed by atoms with Crippen LogP contribution in [-0.4, -0.2) is 46.4 Å². The van der Waals surface area contributed by atoms with Gasteiger partial charge in [-0.2, -0.15) is 0 Å². The minimum absolute atomic E-state index is 0.987. The molecular formula is C6H10N2O5. The topological polar surface area (TPSA) is 136 Å². The van der Waals surface area contributed by atoms with Gasteiger partial charge in [-0.3, -0.25) is 0 Å². The van der Waals surface area contributed by atoms with E-state index in [0.29, 0.717) is 0 Å². The molecule has 7 heteroatoms. The molecule has 13 heavy (non-hydrogen) atoms. The van der Waals surface area contributed by atoms with Gasteiger partial charge in [-0.25, -0.2) is 9.59 Å². The lowest BCUT2D eigenvalue weighted by Gasteiger charge is -2.11. The molecule has 6 N–H and O–H groups in total. The number of nitrogens with two attached hydrogens (primary N) is 2. The first-order valence-electron chi connectivity index (χ1n) is 3.57. The lowest BCUT2D eigenvalue weighted by molar-refractivity contribution is -0.158. The molecule has 0 saturated carbocycles. The van der Waals surface area contributed by atoms with Gasteiger partial charge < -0.3 is 26.4 Å². The number of hydrogen-bond donors (Lipinski definition) is 4. The van der Waals surface area contributed by atoms with E-state index >= 15 is 0 Å². The number of hydrogen-bond acceptors (Lipinski definition) is 5. The van der Waals surface area contributed by atoms with Gasteiger partial charge in [0.2, 0.25) is 0 Å². The number of carboxylic acids is 2. The molecule has 1 saturated heterocycles. The summed E-state index contributed by atoms with van der Waals surface area (Å²) in [6.07, 6.45) is -2.67. The molecule has 1 heterocycles. The molecule has 0 aromatic rings. The average Bonchev–Trinajstić information content (AvgIpc) is 2.29. The van der Waals surface area contributed by atoms with Crippen molar-refractivity contribution in [3.63, 3.8) is 0 Å². The van der Waals surface area contributed by atoms with E-state index in [4.69, 9.17) is 21.7 Å². The maximum Gasteiger partial charge on any atom is 0.334 e. The first-order chi connectivity index (χ1) is 5.95. The second-order valence-corrected chi connectivity index (χ2v) is 2.81. The third-order valence-electron chi connectivity index (χ3n) is 1.92. The van der Waals surface area contributed by atoms with Crippen molar-refractivity contribution in [3.05, 3.63) is 0 Å². The molecule has 0 aliphatic carbocycles. The zero-order valence-corrected chi connectivity index (χ0v) is 6.58. The van der Waals surface area contributed by atoms with Crippen LogP contribution in [0.1, 0.15) is 0 Å². The summed E-state index contributed by atoms with van der Waals surface area (Å²) in [7, 11) is 0. The number of ether oxygens (including phenoxy) is 1. The number of aliphatic carboxylic acids is 2. The van der Waals surface area contributed by atoms with Gasteiger partial charge in [0.25, 0.3) is 0 Å². The summed E-state index contributed by atoms with van der Waals surface area (Å²) in [4.78, 5) is 20.9. The molecule has 7 nitrogen and oxygen atoms in total. The molecule has 0 amide bonds. The van der Waals surface area contributed by atoms with Crippen molar-refractivity contribution in [2.24, 2.45) is 11.5 Å². The van der Waals surface area contributed by atoms with Gasteiger partial charge in [-0.1, -0.05) is 0 Å². The van der Waals surface area contributed by atoms with Crippen LogP contribution in [0.4, 0.5) is 0 Å². The molecular weight excluding hydrogens is 180 g/mol. The number of carbonyl (C=O) groups is 2. The highest BCUT2D eigenvalue weighted by atomic mass is 16.6. The highest BCUT2D eigenvalue weighted by Crippen LogP contribution is 2.18. The molecule has 0 bridgehead atoms. The van der Waals surface area contributed by atoms with Crippen molar-refractivity contribution in [2.75, 3.05) is 0 Å². The largest absolute Gasteiger partial charge is 0.479 e. The normalized spacial score (nSPS) is 38.9. The quantitative estimate of drug-likeness (QED) is 0.380. The number of carboxylic acid groups (broad SMARTS) is 2. The predicted molar refractivity (Wildman–Crippen MR) is 39.9 cm³/mol. The van der Waals surface area contributed by atoms with E-state index in [1.165, 1.54) is 0 Å². The number of rotatable bonds is 2. The Morgan fingerprint density at radius 3 is 1.46 bits per heavy atom. The van der Waals surface area contributed by atoms with Gasteiger partial charge in [-0.05, 0) is 0 Å². The van der Waals surface area contributed by atoms with Crippen LogP contribution in [0.15, 0.2) is 0 Å². The Morgan fingerprint density at radius 2 is 1.31 bits per heavy atom. The Kier molecular flexibility index (Phi) is 2.50. The van der Waals surface area contributed by atoms with E-state index in [2.05, 4.69) is 4.74 Å². The molecule has 0 spiro atoms. The van der Waals surface area contributed by atoms with Crippen molar-refractivity contribution >= 4 is 11.9 Å². The second kappa shape index (κ2) is 3.29. The van der Waals surface area contributed by atoms with Crippen LogP contribution < -0.4 is 11.5 Å². The van der Waals surface area contributed by atoms with Crippen LogP contribution >= 0.6 is 0 Å². The molecule has 0 radical (unpaired) electrons. The van der Waals surface area contributed by atoms with Crippen LogP contribution in [0, 0.1) is 0 Å². The van der Waals surface area contributed by atoms with E-state index in [-0.39, 0.29) is 0 Å². The molecule has 1 rings (SSSR count). The van der Waals surface area contributed by atoms with Gasteiger partial charge >= 0.3 is 11.9 Å². The molecule has 0 aromatic carbocycles. The van der Waals surface area contributed by atoms with Crippen molar-refractivity contribution in [2.45, 2.75) is 24.3 Å². The molecule has 0 aromatic heterocycles. The van der Waals surface area contributed by atoms with Gasteiger partial charge in [0, 0.05) is 0 Å². The van der Waals surface area contributed by atoms with Crippen LogP contribution in [-0.2, 0) is 14.3 Å². The highest BCUT2D eigenvalue weighted by Gasteiger charge is 2.47. The molecule has 1 fully saturated rings. The predicted octanol–water partition coefficient (Wildman–Crippen LogP) is -2.42. The smallest absolute Gasteiger partial charge is 0.334 e. The van der Waals surface area contributed by atoms with Gasteiger partial charge in [0.15, 0.2) is 12.2 Å². The lowest BCUT2D eigenvalue weighted by atomic mass is 10.0. The van der Waals surface area contributed by atoms with Crippen LogP contribution in [0.2, 0.25) is 0 Å². The van der Waals surface area contributed by atoms with Crippen molar-refractivity contribution < 1.29 is 24.5 Å². The lowest BCUT2D eigenvalue weighted by Crippen LogP contribution is -2.49. The van der Waals surface area contributed by atoms with E-state index in [0.717, 1.165) is 0 Å². The Labute approximate surface area is 73.3 Å². The SMILES string of the molecule is NC1C(C(=O)O)OC(C(=O)O)C1N. The summed E-state index contributed by atoms with van der Waals surface area (Å²) in [5, 5.41) is 17.1. The molecule has 4 atom stereocenters. The minimum atomic E-state index is -1.34. The van der Waals surface area contributed by atoms with E-state index in [1.807, 2.05) is 0 Å². The summed E-state index contributed by atoms with van der Waals surface area (Å²) in [6.45, 7) is 0.